The number of rotatable bonds is 4. The summed E-state index contributed by atoms with van der Waals surface area (Å²) in [6.07, 6.45) is 0. The maximum absolute atomic E-state index is 13.3. The van der Waals surface area contributed by atoms with E-state index in [2.05, 4.69) is 10.3 Å². The largest absolute Gasteiger partial charge is 0.496 e. The highest BCUT2D eigenvalue weighted by Crippen LogP contribution is 2.22. The van der Waals surface area contributed by atoms with Crippen molar-refractivity contribution < 1.29 is 14.0 Å². The SMILES string of the molecule is CONCc1cc(F)c(C)c(OC)c1. The molecule has 0 aliphatic rings. The summed E-state index contributed by atoms with van der Waals surface area (Å²) in [5.41, 5.74) is 3.95. The van der Waals surface area contributed by atoms with Crippen molar-refractivity contribution in [2.75, 3.05) is 14.2 Å². The van der Waals surface area contributed by atoms with Crippen LogP contribution < -0.4 is 10.2 Å². The highest BCUT2D eigenvalue weighted by atomic mass is 19.1. The Labute approximate surface area is 82.8 Å². The molecule has 0 radical (unpaired) electrons. The van der Waals surface area contributed by atoms with Gasteiger partial charge >= 0.3 is 0 Å². The third-order valence-corrected chi connectivity index (χ3v) is 2.00. The summed E-state index contributed by atoms with van der Waals surface area (Å²) in [5.74, 6) is 0.287. The van der Waals surface area contributed by atoms with E-state index >= 15 is 0 Å². The molecule has 0 aliphatic carbocycles. The zero-order valence-electron chi connectivity index (χ0n) is 8.56. The molecule has 4 heteroatoms. The molecule has 0 fully saturated rings. The van der Waals surface area contributed by atoms with Crippen LogP contribution >= 0.6 is 0 Å². The lowest BCUT2D eigenvalue weighted by atomic mass is 10.1. The monoisotopic (exact) mass is 199 g/mol. The van der Waals surface area contributed by atoms with Crippen LogP contribution in [-0.4, -0.2) is 14.2 Å². The van der Waals surface area contributed by atoms with Crippen molar-refractivity contribution in [3.05, 3.63) is 29.1 Å². The molecule has 0 atom stereocenters. The molecule has 0 aromatic heterocycles. The van der Waals surface area contributed by atoms with E-state index in [0.29, 0.717) is 17.9 Å². The highest BCUT2D eigenvalue weighted by Gasteiger charge is 2.06. The van der Waals surface area contributed by atoms with E-state index in [0.717, 1.165) is 5.56 Å². The molecule has 0 saturated heterocycles. The van der Waals surface area contributed by atoms with Gasteiger partial charge in [-0.3, -0.25) is 0 Å². The van der Waals surface area contributed by atoms with Crippen LogP contribution in [0.4, 0.5) is 4.39 Å². The van der Waals surface area contributed by atoms with Crippen LogP contribution in [0.3, 0.4) is 0 Å². The van der Waals surface area contributed by atoms with Gasteiger partial charge in [-0.15, -0.1) is 0 Å². The number of hydroxylamine groups is 1. The van der Waals surface area contributed by atoms with Crippen LogP contribution in [0.15, 0.2) is 12.1 Å². The Morgan fingerprint density at radius 2 is 2.07 bits per heavy atom. The van der Waals surface area contributed by atoms with Crippen LogP contribution in [0.2, 0.25) is 0 Å². The normalized spacial score (nSPS) is 10.3. The van der Waals surface area contributed by atoms with Crippen LogP contribution in [0.25, 0.3) is 0 Å². The third kappa shape index (κ3) is 2.43. The smallest absolute Gasteiger partial charge is 0.130 e. The summed E-state index contributed by atoms with van der Waals surface area (Å²) in [6, 6.07) is 3.24. The van der Waals surface area contributed by atoms with Gasteiger partial charge in [-0.2, -0.15) is 5.48 Å². The van der Waals surface area contributed by atoms with Crippen LogP contribution in [-0.2, 0) is 11.4 Å². The molecule has 14 heavy (non-hydrogen) atoms. The number of ether oxygens (including phenoxy) is 1. The molecule has 0 unspecified atom stereocenters. The Kier molecular flexibility index (Phi) is 3.85. The van der Waals surface area contributed by atoms with E-state index < -0.39 is 0 Å². The molecular formula is C10H14FNO2. The van der Waals surface area contributed by atoms with Gasteiger partial charge < -0.3 is 9.57 Å². The van der Waals surface area contributed by atoms with Crippen molar-refractivity contribution in [1.29, 1.82) is 0 Å². The molecule has 0 amide bonds. The minimum atomic E-state index is -0.266. The number of hydrogen-bond acceptors (Lipinski definition) is 3. The van der Waals surface area contributed by atoms with Crippen molar-refractivity contribution in [2.24, 2.45) is 0 Å². The van der Waals surface area contributed by atoms with E-state index in [-0.39, 0.29) is 5.82 Å². The molecule has 78 valence electrons. The van der Waals surface area contributed by atoms with Gasteiger partial charge in [0.1, 0.15) is 11.6 Å². The van der Waals surface area contributed by atoms with Crippen molar-refractivity contribution in [3.63, 3.8) is 0 Å². The minimum absolute atomic E-state index is 0.266. The van der Waals surface area contributed by atoms with Gasteiger partial charge in [-0.1, -0.05) is 0 Å². The molecule has 1 aromatic rings. The lowest BCUT2D eigenvalue weighted by Gasteiger charge is -2.09. The second kappa shape index (κ2) is 4.93. The van der Waals surface area contributed by atoms with Gasteiger partial charge in [0.2, 0.25) is 0 Å². The topological polar surface area (TPSA) is 30.5 Å². The first kappa shape index (κ1) is 10.9. The van der Waals surface area contributed by atoms with Gasteiger partial charge in [-0.05, 0) is 24.6 Å². The summed E-state index contributed by atoms with van der Waals surface area (Å²) in [6.45, 7) is 2.13. The van der Waals surface area contributed by atoms with Gasteiger partial charge in [0.25, 0.3) is 0 Å². The average Bonchev–Trinajstić information content (AvgIpc) is 2.19. The first-order valence-corrected chi connectivity index (χ1v) is 4.28. The fraction of sp³-hybridized carbons (Fsp3) is 0.400. The highest BCUT2D eigenvalue weighted by molar-refractivity contribution is 5.37. The van der Waals surface area contributed by atoms with Gasteiger partial charge in [-0.25, -0.2) is 4.39 Å². The predicted molar refractivity (Wildman–Crippen MR) is 51.5 cm³/mol. The maximum atomic E-state index is 13.3. The number of halogens is 1. The Balaban J connectivity index is 2.91. The number of nitrogens with one attached hydrogen (secondary N) is 1. The van der Waals surface area contributed by atoms with Crippen LogP contribution in [0, 0.1) is 12.7 Å². The van der Waals surface area contributed by atoms with E-state index in [4.69, 9.17) is 4.74 Å². The number of methoxy groups -OCH3 is 1. The second-order valence-electron chi connectivity index (χ2n) is 2.93. The fourth-order valence-electron chi connectivity index (χ4n) is 1.18. The zero-order valence-corrected chi connectivity index (χ0v) is 8.56. The van der Waals surface area contributed by atoms with E-state index in [1.807, 2.05) is 0 Å². The summed E-state index contributed by atoms with van der Waals surface area (Å²) in [7, 11) is 3.04. The summed E-state index contributed by atoms with van der Waals surface area (Å²) in [4.78, 5) is 4.68. The Bertz CT molecular complexity index is 315. The zero-order chi connectivity index (χ0) is 10.6. The lowest BCUT2D eigenvalue weighted by molar-refractivity contribution is 0.0866. The molecular weight excluding hydrogens is 185 g/mol. The molecule has 0 spiro atoms. The molecule has 0 saturated carbocycles. The Hall–Kier alpha value is -1.13. The lowest BCUT2D eigenvalue weighted by Crippen LogP contribution is -2.11. The molecule has 0 bridgehead atoms. The van der Waals surface area contributed by atoms with Crippen molar-refractivity contribution in [2.45, 2.75) is 13.5 Å². The third-order valence-electron chi connectivity index (χ3n) is 2.00. The quantitative estimate of drug-likeness (QED) is 0.750. The average molecular weight is 199 g/mol. The molecule has 3 nitrogen and oxygen atoms in total. The van der Waals surface area contributed by atoms with Crippen molar-refractivity contribution in [3.8, 4) is 5.75 Å². The molecule has 1 N–H and O–H groups in total. The first-order chi connectivity index (χ1) is 6.69. The van der Waals surface area contributed by atoms with Gasteiger partial charge in [0, 0.05) is 12.1 Å². The number of hydrogen-bond donors (Lipinski definition) is 1. The van der Waals surface area contributed by atoms with Crippen molar-refractivity contribution in [1.82, 2.24) is 5.48 Å². The van der Waals surface area contributed by atoms with E-state index in [9.17, 15) is 4.39 Å². The van der Waals surface area contributed by atoms with E-state index in [1.54, 1.807) is 13.0 Å². The van der Waals surface area contributed by atoms with Gasteiger partial charge in [0.05, 0.1) is 14.2 Å². The fourth-order valence-corrected chi connectivity index (χ4v) is 1.18. The standard InChI is InChI=1S/C10H14FNO2/c1-7-9(11)4-8(6-12-14-3)5-10(7)13-2/h4-5,12H,6H2,1-3H3. The summed E-state index contributed by atoms with van der Waals surface area (Å²) in [5, 5.41) is 0. The Morgan fingerprint density at radius 3 is 2.64 bits per heavy atom. The van der Waals surface area contributed by atoms with Crippen LogP contribution in [0.1, 0.15) is 11.1 Å². The van der Waals surface area contributed by atoms with Crippen LogP contribution in [0.5, 0.6) is 5.75 Å². The maximum Gasteiger partial charge on any atom is 0.130 e. The second-order valence-corrected chi connectivity index (χ2v) is 2.93. The summed E-state index contributed by atoms with van der Waals surface area (Å²) >= 11 is 0. The minimum Gasteiger partial charge on any atom is -0.496 e. The predicted octanol–water partition coefficient (Wildman–Crippen LogP) is 1.79. The molecule has 0 aliphatic heterocycles. The first-order valence-electron chi connectivity index (χ1n) is 4.28. The summed E-state index contributed by atoms with van der Waals surface area (Å²) < 4.78 is 18.3. The molecule has 0 heterocycles. The Morgan fingerprint density at radius 1 is 1.36 bits per heavy atom. The van der Waals surface area contributed by atoms with Crippen molar-refractivity contribution >= 4 is 0 Å². The molecule has 1 rings (SSSR count). The van der Waals surface area contributed by atoms with E-state index in [1.165, 1.54) is 20.3 Å². The number of benzene rings is 1. The molecule has 1 aromatic carbocycles. The van der Waals surface area contributed by atoms with Gasteiger partial charge in [0.15, 0.2) is 0 Å².